The highest BCUT2D eigenvalue weighted by atomic mass is 16.5. The fraction of sp³-hybridized carbons (Fsp3) is 0.217. The first-order chi connectivity index (χ1) is 14.3. The molecule has 3 rings (SSSR count). The smallest absolute Gasteiger partial charge is 0.257 e. The van der Waals surface area contributed by atoms with E-state index in [4.69, 9.17) is 14.2 Å². The fourth-order valence-electron chi connectivity index (χ4n) is 2.61. The zero-order chi connectivity index (χ0) is 20.3. The predicted molar refractivity (Wildman–Crippen MR) is 110 cm³/mol. The van der Waals surface area contributed by atoms with Crippen LogP contribution >= 0.6 is 0 Å². The lowest BCUT2D eigenvalue weighted by molar-refractivity contribution is 0.0941. The van der Waals surface area contributed by atoms with Crippen LogP contribution in [0.1, 0.15) is 21.5 Å². The van der Waals surface area contributed by atoms with Gasteiger partial charge in [-0.25, -0.2) is 4.98 Å². The molecule has 3 aromatic rings. The minimum absolute atomic E-state index is 0.234. The van der Waals surface area contributed by atoms with Gasteiger partial charge >= 0.3 is 0 Å². The minimum atomic E-state index is -0.234. The molecule has 0 unspecified atom stereocenters. The number of methoxy groups -OCH3 is 1. The van der Waals surface area contributed by atoms with Crippen molar-refractivity contribution in [3.8, 4) is 11.6 Å². The zero-order valence-electron chi connectivity index (χ0n) is 16.3. The monoisotopic (exact) mass is 392 g/mol. The van der Waals surface area contributed by atoms with E-state index in [1.165, 1.54) is 0 Å². The van der Waals surface area contributed by atoms with Gasteiger partial charge in [0.05, 0.1) is 6.61 Å². The van der Waals surface area contributed by atoms with Gasteiger partial charge in [0, 0.05) is 19.9 Å². The Bertz CT molecular complexity index is 898. The summed E-state index contributed by atoms with van der Waals surface area (Å²) in [6, 6.07) is 21.0. The third-order valence-corrected chi connectivity index (χ3v) is 4.17. The summed E-state index contributed by atoms with van der Waals surface area (Å²) in [7, 11) is 1.59. The molecule has 0 aliphatic carbocycles. The quantitative estimate of drug-likeness (QED) is 0.534. The van der Waals surface area contributed by atoms with Crippen LogP contribution in [-0.4, -0.2) is 31.2 Å². The number of carbonyl (C=O) groups excluding carboxylic acids is 1. The molecule has 0 spiro atoms. The van der Waals surface area contributed by atoms with Gasteiger partial charge in [-0.3, -0.25) is 4.79 Å². The lowest BCUT2D eigenvalue weighted by atomic mass is 10.1. The predicted octanol–water partition coefficient (Wildman–Crippen LogP) is 3.62. The van der Waals surface area contributed by atoms with Crippen LogP contribution in [0.4, 0.5) is 0 Å². The topological polar surface area (TPSA) is 69.7 Å². The molecule has 1 aromatic heterocycles. The second-order valence-corrected chi connectivity index (χ2v) is 6.30. The van der Waals surface area contributed by atoms with E-state index >= 15 is 0 Å². The number of amides is 1. The van der Waals surface area contributed by atoms with Gasteiger partial charge in [-0.1, -0.05) is 42.5 Å². The van der Waals surface area contributed by atoms with Crippen LogP contribution in [0.3, 0.4) is 0 Å². The highest BCUT2D eigenvalue weighted by Gasteiger charge is 2.13. The molecule has 0 saturated heterocycles. The number of para-hydroxylation sites is 1. The molecule has 0 saturated carbocycles. The highest BCUT2D eigenvalue weighted by Crippen LogP contribution is 2.15. The van der Waals surface area contributed by atoms with Crippen LogP contribution < -0.4 is 14.8 Å². The van der Waals surface area contributed by atoms with Crippen molar-refractivity contribution in [2.75, 3.05) is 20.3 Å². The van der Waals surface area contributed by atoms with E-state index in [2.05, 4.69) is 10.3 Å². The maximum Gasteiger partial charge on any atom is 0.257 e. The van der Waals surface area contributed by atoms with Crippen molar-refractivity contribution in [3.63, 3.8) is 0 Å². The molecule has 1 N–H and O–H groups in total. The molecule has 1 heterocycles. The minimum Gasteiger partial charge on any atom is -0.489 e. The maximum absolute atomic E-state index is 12.5. The lowest BCUT2D eigenvalue weighted by Gasteiger charge is -2.11. The molecule has 0 radical (unpaired) electrons. The van der Waals surface area contributed by atoms with Crippen LogP contribution in [0.15, 0.2) is 72.9 Å². The molecular formula is C23H24N2O4. The Morgan fingerprint density at radius 3 is 2.41 bits per heavy atom. The summed E-state index contributed by atoms with van der Waals surface area (Å²) in [5, 5.41) is 2.90. The van der Waals surface area contributed by atoms with Crippen molar-refractivity contribution in [2.24, 2.45) is 0 Å². The van der Waals surface area contributed by atoms with Gasteiger partial charge < -0.3 is 19.5 Å². The third-order valence-electron chi connectivity index (χ3n) is 4.17. The first kappa shape index (κ1) is 20.4. The standard InChI is InChI=1S/C23H24N2O4/c1-27-14-15-28-23-21(8-5-13-24-23)22(26)25-16-18-9-11-19(12-10-18)17-29-20-6-3-2-4-7-20/h2-13H,14-17H2,1H3,(H,25,26). The van der Waals surface area contributed by atoms with Gasteiger partial charge in [0.15, 0.2) is 0 Å². The average molecular weight is 392 g/mol. The largest absolute Gasteiger partial charge is 0.489 e. The van der Waals surface area contributed by atoms with Crippen molar-refractivity contribution in [1.29, 1.82) is 0 Å². The average Bonchev–Trinajstić information content (AvgIpc) is 2.78. The molecule has 0 atom stereocenters. The van der Waals surface area contributed by atoms with Gasteiger partial charge in [0.2, 0.25) is 5.88 Å². The second kappa shape index (κ2) is 10.8. The molecule has 0 bridgehead atoms. The summed E-state index contributed by atoms with van der Waals surface area (Å²) in [4.78, 5) is 16.6. The SMILES string of the molecule is COCCOc1ncccc1C(=O)NCc1ccc(COc2ccccc2)cc1. The van der Waals surface area contributed by atoms with E-state index in [1.807, 2.05) is 54.6 Å². The van der Waals surface area contributed by atoms with Crippen LogP contribution in [-0.2, 0) is 17.9 Å². The van der Waals surface area contributed by atoms with Crippen molar-refractivity contribution in [2.45, 2.75) is 13.2 Å². The molecule has 29 heavy (non-hydrogen) atoms. The number of pyridine rings is 1. The van der Waals surface area contributed by atoms with E-state index in [0.29, 0.717) is 37.8 Å². The van der Waals surface area contributed by atoms with Gasteiger partial charge in [0.25, 0.3) is 5.91 Å². The van der Waals surface area contributed by atoms with E-state index < -0.39 is 0 Å². The number of benzene rings is 2. The highest BCUT2D eigenvalue weighted by molar-refractivity contribution is 5.96. The Balaban J connectivity index is 1.51. The zero-order valence-corrected chi connectivity index (χ0v) is 16.3. The van der Waals surface area contributed by atoms with Crippen molar-refractivity contribution in [1.82, 2.24) is 10.3 Å². The summed E-state index contributed by atoms with van der Waals surface area (Å²) in [5.74, 6) is 0.904. The van der Waals surface area contributed by atoms with E-state index in [0.717, 1.165) is 16.9 Å². The van der Waals surface area contributed by atoms with Gasteiger partial charge in [0.1, 0.15) is 24.5 Å². The van der Waals surface area contributed by atoms with Crippen LogP contribution in [0.25, 0.3) is 0 Å². The molecule has 150 valence electrons. The molecule has 0 aliphatic rings. The van der Waals surface area contributed by atoms with Gasteiger partial charge in [-0.15, -0.1) is 0 Å². The maximum atomic E-state index is 12.5. The molecule has 1 amide bonds. The Kier molecular flexibility index (Phi) is 7.60. The van der Waals surface area contributed by atoms with E-state index in [1.54, 1.807) is 25.4 Å². The molecule has 6 heteroatoms. The number of hydrogen-bond acceptors (Lipinski definition) is 5. The van der Waals surface area contributed by atoms with Crippen LogP contribution in [0, 0.1) is 0 Å². The number of nitrogens with zero attached hydrogens (tertiary/aromatic N) is 1. The third kappa shape index (κ3) is 6.33. The van der Waals surface area contributed by atoms with E-state index in [-0.39, 0.29) is 5.91 Å². The number of rotatable bonds is 10. The number of hydrogen-bond donors (Lipinski definition) is 1. The Morgan fingerprint density at radius 2 is 1.66 bits per heavy atom. The Labute approximate surface area is 170 Å². The molecule has 6 nitrogen and oxygen atoms in total. The number of nitrogens with one attached hydrogen (secondary N) is 1. The summed E-state index contributed by atoms with van der Waals surface area (Å²) >= 11 is 0. The fourth-order valence-corrected chi connectivity index (χ4v) is 2.61. The van der Waals surface area contributed by atoms with Crippen molar-refractivity contribution in [3.05, 3.63) is 89.6 Å². The summed E-state index contributed by atoms with van der Waals surface area (Å²) in [5.41, 5.74) is 2.45. The first-order valence-corrected chi connectivity index (χ1v) is 9.37. The van der Waals surface area contributed by atoms with Crippen molar-refractivity contribution >= 4 is 5.91 Å². The second-order valence-electron chi connectivity index (χ2n) is 6.30. The van der Waals surface area contributed by atoms with E-state index in [9.17, 15) is 4.79 Å². The summed E-state index contributed by atoms with van der Waals surface area (Å²) in [6.07, 6.45) is 1.59. The Hall–Kier alpha value is -3.38. The molecule has 0 fully saturated rings. The molecule has 2 aromatic carbocycles. The first-order valence-electron chi connectivity index (χ1n) is 9.37. The number of carbonyl (C=O) groups is 1. The lowest BCUT2D eigenvalue weighted by Crippen LogP contribution is -2.24. The van der Waals surface area contributed by atoms with Crippen molar-refractivity contribution < 1.29 is 19.0 Å². The molecular weight excluding hydrogens is 368 g/mol. The molecule has 0 aliphatic heterocycles. The number of aromatic nitrogens is 1. The normalized spacial score (nSPS) is 10.4. The Morgan fingerprint density at radius 1 is 0.897 bits per heavy atom. The van der Waals surface area contributed by atoms with Gasteiger partial charge in [-0.2, -0.15) is 0 Å². The van der Waals surface area contributed by atoms with Crippen LogP contribution in [0.2, 0.25) is 0 Å². The van der Waals surface area contributed by atoms with Gasteiger partial charge in [-0.05, 0) is 35.4 Å². The summed E-state index contributed by atoms with van der Waals surface area (Å²) < 4.78 is 16.2. The number of ether oxygens (including phenoxy) is 3. The summed E-state index contributed by atoms with van der Waals surface area (Å²) in [6.45, 7) is 1.66. The van der Waals surface area contributed by atoms with Crippen LogP contribution in [0.5, 0.6) is 11.6 Å².